The van der Waals surface area contributed by atoms with E-state index in [-0.39, 0.29) is 5.91 Å². The van der Waals surface area contributed by atoms with Crippen LogP contribution in [0.4, 0.5) is 5.82 Å². The van der Waals surface area contributed by atoms with Crippen LogP contribution in [0, 0.1) is 0 Å². The summed E-state index contributed by atoms with van der Waals surface area (Å²) in [5.74, 6) is 1.16. The van der Waals surface area contributed by atoms with E-state index in [1.165, 1.54) is 0 Å². The van der Waals surface area contributed by atoms with Gasteiger partial charge >= 0.3 is 0 Å². The minimum Gasteiger partial charge on any atom is -0.364 e. The molecule has 0 radical (unpaired) electrons. The molecule has 6 heteroatoms. The van der Waals surface area contributed by atoms with Gasteiger partial charge in [-0.05, 0) is 48.4 Å². The molecule has 3 aromatic carbocycles. The Morgan fingerprint density at radius 1 is 0.829 bits per heavy atom. The van der Waals surface area contributed by atoms with Crippen LogP contribution >= 0.6 is 0 Å². The smallest absolute Gasteiger partial charge is 0.251 e. The van der Waals surface area contributed by atoms with Crippen molar-refractivity contribution in [2.75, 3.05) is 11.9 Å². The second-order valence-electron chi connectivity index (χ2n) is 8.08. The number of pyridine rings is 1. The lowest BCUT2D eigenvalue weighted by Crippen LogP contribution is -2.22. The summed E-state index contributed by atoms with van der Waals surface area (Å²) in [6.07, 6.45) is 1.78. The van der Waals surface area contributed by atoms with Gasteiger partial charge in [-0.25, -0.2) is 9.97 Å². The van der Waals surface area contributed by atoms with Crippen LogP contribution in [-0.4, -0.2) is 27.4 Å². The number of amides is 1. The number of nitrogens with zero attached hydrogens (tertiary/aromatic N) is 3. The van der Waals surface area contributed by atoms with Gasteiger partial charge in [0.15, 0.2) is 5.82 Å². The Morgan fingerprint density at radius 3 is 2.43 bits per heavy atom. The molecule has 0 atom stereocenters. The van der Waals surface area contributed by atoms with Crippen molar-refractivity contribution in [2.45, 2.75) is 13.5 Å². The number of carbonyl (C=O) groups excluding carboxylic acids is 1. The monoisotopic (exact) mass is 459 g/mol. The van der Waals surface area contributed by atoms with E-state index in [4.69, 9.17) is 9.97 Å². The number of rotatable bonds is 7. The molecule has 0 unspecified atom stereocenters. The van der Waals surface area contributed by atoms with Crippen molar-refractivity contribution in [1.82, 2.24) is 20.3 Å². The van der Waals surface area contributed by atoms with Gasteiger partial charge in [0, 0.05) is 23.9 Å². The highest BCUT2D eigenvalue weighted by molar-refractivity contribution is 6.02. The molecule has 0 aliphatic rings. The highest BCUT2D eigenvalue weighted by atomic mass is 16.1. The van der Waals surface area contributed by atoms with Crippen LogP contribution in [0.2, 0.25) is 0 Å². The van der Waals surface area contributed by atoms with Crippen LogP contribution in [0.5, 0.6) is 0 Å². The summed E-state index contributed by atoms with van der Waals surface area (Å²) in [6.45, 7) is 2.99. The first-order valence-corrected chi connectivity index (χ1v) is 11.6. The molecule has 0 aliphatic carbocycles. The third-order valence-corrected chi connectivity index (χ3v) is 5.69. The van der Waals surface area contributed by atoms with Gasteiger partial charge in [0.05, 0.1) is 23.1 Å². The number of nitrogens with one attached hydrogen (secondary N) is 2. The minimum atomic E-state index is -0.116. The predicted octanol–water partition coefficient (Wildman–Crippen LogP) is 5.72. The first-order valence-electron chi connectivity index (χ1n) is 11.6. The maximum absolute atomic E-state index is 12.4. The number of benzene rings is 3. The van der Waals surface area contributed by atoms with Crippen molar-refractivity contribution in [2.24, 2.45) is 0 Å². The molecule has 2 aromatic heterocycles. The van der Waals surface area contributed by atoms with E-state index >= 15 is 0 Å². The van der Waals surface area contributed by atoms with Crippen molar-refractivity contribution in [3.63, 3.8) is 0 Å². The highest BCUT2D eigenvalue weighted by Crippen LogP contribution is 2.34. The summed E-state index contributed by atoms with van der Waals surface area (Å²) in [4.78, 5) is 26.7. The van der Waals surface area contributed by atoms with Crippen molar-refractivity contribution in [1.29, 1.82) is 0 Å². The molecule has 172 valence electrons. The summed E-state index contributed by atoms with van der Waals surface area (Å²) in [6, 6.07) is 29.6. The van der Waals surface area contributed by atoms with Crippen molar-refractivity contribution >= 4 is 22.6 Å². The second-order valence-corrected chi connectivity index (χ2v) is 8.08. The lowest BCUT2D eigenvalue weighted by atomic mass is 10.0. The molecule has 0 aliphatic heterocycles. The molecule has 0 saturated heterocycles. The lowest BCUT2D eigenvalue weighted by Gasteiger charge is -2.15. The molecule has 6 nitrogen and oxygen atoms in total. The Morgan fingerprint density at radius 2 is 1.63 bits per heavy atom. The normalized spacial score (nSPS) is 10.8. The third kappa shape index (κ3) is 4.87. The van der Waals surface area contributed by atoms with Gasteiger partial charge < -0.3 is 10.6 Å². The maximum Gasteiger partial charge on any atom is 0.251 e. The molecule has 0 bridgehead atoms. The van der Waals surface area contributed by atoms with Gasteiger partial charge in [0.25, 0.3) is 5.91 Å². The van der Waals surface area contributed by atoms with E-state index in [1.807, 2.05) is 73.7 Å². The standard InChI is InChI=1S/C29H25N5O/c1-2-30-29(35)22-13-8-12-21(18-22)27-33-25-16-9-15-24(20-10-4-3-5-11-20)26(25)28(34-27)32-19-23-14-6-7-17-31-23/h3-18H,2,19H2,1H3,(H,30,35)(H,32,33,34). The molecular weight excluding hydrogens is 434 g/mol. The van der Waals surface area contributed by atoms with Gasteiger partial charge in [-0.15, -0.1) is 0 Å². The van der Waals surface area contributed by atoms with Crippen LogP contribution in [0.3, 0.4) is 0 Å². The zero-order valence-electron chi connectivity index (χ0n) is 19.4. The van der Waals surface area contributed by atoms with Crippen LogP contribution < -0.4 is 10.6 Å². The first-order chi connectivity index (χ1) is 17.2. The molecule has 0 saturated carbocycles. The lowest BCUT2D eigenvalue weighted by molar-refractivity contribution is 0.0956. The number of carbonyl (C=O) groups is 1. The summed E-state index contributed by atoms with van der Waals surface area (Å²) >= 11 is 0. The SMILES string of the molecule is CCNC(=O)c1cccc(-c2nc(NCc3ccccn3)c3c(-c4ccccc4)cccc3n2)c1. The van der Waals surface area contributed by atoms with Crippen LogP contribution in [-0.2, 0) is 6.54 Å². The first kappa shape index (κ1) is 22.2. The number of anilines is 1. The summed E-state index contributed by atoms with van der Waals surface area (Å²) in [5.41, 5.74) is 5.23. The quantitative estimate of drug-likeness (QED) is 0.325. The number of hydrogen-bond donors (Lipinski definition) is 2. The molecule has 5 rings (SSSR count). The molecule has 5 aromatic rings. The molecule has 2 heterocycles. The topological polar surface area (TPSA) is 79.8 Å². The largest absolute Gasteiger partial charge is 0.364 e. The van der Waals surface area contributed by atoms with Crippen molar-refractivity contribution < 1.29 is 4.79 Å². The Labute approximate surface area is 204 Å². The van der Waals surface area contributed by atoms with E-state index < -0.39 is 0 Å². The van der Waals surface area contributed by atoms with E-state index in [1.54, 1.807) is 12.3 Å². The van der Waals surface area contributed by atoms with Crippen LogP contribution in [0.1, 0.15) is 23.0 Å². The molecule has 0 fully saturated rings. The van der Waals surface area contributed by atoms with Gasteiger partial charge in [0.1, 0.15) is 5.82 Å². The fourth-order valence-electron chi connectivity index (χ4n) is 4.04. The zero-order chi connectivity index (χ0) is 24.0. The minimum absolute atomic E-state index is 0.116. The predicted molar refractivity (Wildman–Crippen MR) is 140 cm³/mol. The van der Waals surface area contributed by atoms with E-state index in [0.29, 0.717) is 24.5 Å². The fourth-order valence-corrected chi connectivity index (χ4v) is 4.04. The summed E-state index contributed by atoms with van der Waals surface area (Å²) in [5, 5.41) is 7.28. The Bertz CT molecular complexity index is 1470. The second kappa shape index (κ2) is 10.1. The molecular formula is C29H25N5O. The number of fused-ring (bicyclic) bond motifs is 1. The number of hydrogen-bond acceptors (Lipinski definition) is 5. The van der Waals surface area contributed by atoms with Gasteiger partial charge in [0.2, 0.25) is 0 Å². The molecule has 35 heavy (non-hydrogen) atoms. The molecule has 0 spiro atoms. The number of aromatic nitrogens is 3. The Kier molecular flexibility index (Phi) is 6.44. The summed E-state index contributed by atoms with van der Waals surface area (Å²) < 4.78 is 0. The zero-order valence-corrected chi connectivity index (χ0v) is 19.4. The third-order valence-electron chi connectivity index (χ3n) is 5.69. The highest BCUT2D eigenvalue weighted by Gasteiger charge is 2.15. The van der Waals surface area contributed by atoms with Crippen molar-refractivity contribution in [3.05, 3.63) is 108 Å². The van der Waals surface area contributed by atoms with E-state index in [9.17, 15) is 4.79 Å². The average molecular weight is 460 g/mol. The van der Waals surface area contributed by atoms with Gasteiger partial charge in [-0.3, -0.25) is 9.78 Å². The Hall–Kier alpha value is -4.58. The van der Waals surface area contributed by atoms with E-state index in [0.717, 1.165) is 39.1 Å². The Balaban J connectivity index is 1.64. The summed E-state index contributed by atoms with van der Waals surface area (Å²) in [7, 11) is 0. The van der Waals surface area contributed by atoms with Crippen LogP contribution in [0.15, 0.2) is 97.2 Å². The van der Waals surface area contributed by atoms with Crippen molar-refractivity contribution in [3.8, 4) is 22.5 Å². The van der Waals surface area contributed by atoms with Gasteiger partial charge in [-0.2, -0.15) is 0 Å². The molecule has 1 amide bonds. The molecule has 2 N–H and O–H groups in total. The van der Waals surface area contributed by atoms with Gasteiger partial charge in [-0.1, -0.05) is 60.7 Å². The average Bonchev–Trinajstić information content (AvgIpc) is 2.92. The fraction of sp³-hybridized carbons (Fsp3) is 0.103. The maximum atomic E-state index is 12.4. The van der Waals surface area contributed by atoms with Crippen LogP contribution in [0.25, 0.3) is 33.4 Å². The van der Waals surface area contributed by atoms with E-state index in [2.05, 4.69) is 33.8 Å².